The summed E-state index contributed by atoms with van der Waals surface area (Å²) in [5.41, 5.74) is 2.20. The van der Waals surface area contributed by atoms with Crippen LogP contribution in [0.4, 0.5) is 0 Å². The lowest BCUT2D eigenvalue weighted by atomic mass is 10.0. The summed E-state index contributed by atoms with van der Waals surface area (Å²) < 4.78 is 6.95. The van der Waals surface area contributed by atoms with Crippen LogP contribution < -0.4 is 4.74 Å². The molecule has 4 heteroatoms. The van der Waals surface area contributed by atoms with E-state index in [1.54, 1.807) is 6.20 Å². The first-order chi connectivity index (χ1) is 9.06. The molecule has 100 valence electrons. The fourth-order valence-corrected chi connectivity index (χ4v) is 2.37. The minimum Gasteiger partial charge on any atom is -0.489 e. The van der Waals surface area contributed by atoms with Crippen LogP contribution >= 0.6 is 27.5 Å². The highest BCUT2D eigenvalue weighted by Crippen LogP contribution is 2.30. The van der Waals surface area contributed by atoms with E-state index in [1.807, 2.05) is 24.3 Å². The highest BCUT2D eigenvalue weighted by molar-refractivity contribution is 9.10. The van der Waals surface area contributed by atoms with Crippen LogP contribution in [-0.4, -0.2) is 4.98 Å². The molecule has 0 radical (unpaired) electrons. The van der Waals surface area contributed by atoms with Gasteiger partial charge in [0.05, 0.1) is 0 Å². The fraction of sp³-hybridized carbons (Fsp3) is 0.267. The minimum atomic E-state index is 0.411. The topological polar surface area (TPSA) is 22.1 Å². The van der Waals surface area contributed by atoms with Gasteiger partial charge in [-0.3, -0.25) is 0 Å². The maximum atomic E-state index is 5.89. The third-order valence-electron chi connectivity index (χ3n) is 2.78. The lowest BCUT2D eigenvalue weighted by Gasteiger charge is -2.14. The third-order valence-corrected chi connectivity index (χ3v) is 3.48. The van der Waals surface area contributed by atoms with E-state index in [1.165, 1.54) is 5.56 Å². The molecule has 0 fully saturated rings. The number of hydrogen-bond acceptors (Lipinski definition) is 2. The van der Waals surface area contributed by atoms with Crippen molar-refractivity contribution in [2.75, 3.05) is 0 Å². The zero-order valence-corrected chi connectivity index (χ0v) is 13.2. The number of halogens is 2. The van der Waals surface area contributed by atoms with Gasteiger partial charge >= 0.3 is 0 Å². The number of hydrogen-bond donors (Lipinski definition) is 0. The van der Waals surface area contributed by atoms with Gasteiger partial charge in [-0.2, -0.15) is 0 Å². The number of benzene rings is 1. The summed E-state index contributed by atoms with van der Waals surface area (Å²) in [7, 11) is 0. The molecule has 2 nitrogen and oxygen atoms in total. The molecular weight excluding hydrogens is 326 g/mol. The van der Waals surface area contributed by atoms with Crippen molar-refractivity contribution in [2.45, 2.75) is 26.4 Å². The Hall–Kier alpha value is -1.06. The molecule has 0 amide bonds. The van der Waals surface area contributed by atoms with Crippen molar-refractivity contribution in [2.24, 2.45) is 0 Å². The summed E-state index contributed by atoms with van der Waals surface area (Å²) in [5, 5.41) is 0.487. The van der Waals surface area contributed by atoms with Crippen LogP contribution in [0.1, 0.15) is 30.9 Å². The van der Waals surface area contributed by atoms with Crippen LogP contribution in [0.25, 0.3) is 0 Å². The van der Waals surface area contributed by atoms with E-state index >= 15 is 0 Å². The number of ether oxygens (including phenoxy) is 1. The van der Waals surface area contributed by atoms with Gasteiger partial charge < -0.3 is 4.74 Å². The van der Waals surface area contributed by atoms with E-state index in [-0.39, 0.29) is 0 Å². The molecular formula is C15H15BrClNO. The molecule has 0 saturated heterocycles. The molecule has 2 aromatic rings. The average Bonchev–Trinajstić information content (AvgIpc) is 2.37. The second-order valence-electron chi connectivity index (χ2n) is 4.61. The Bertz CT molecular complexity index is 572. The highest BCUT2D eigenvalue weighted by atomic mass is 79.9. The van der Waals surface area contributed by atoms with Crippen molar-refractivity contribution in [1.29, 1.82) is 0 Å². The van der Waals surface area contributed by atoms with Gasteiger partial charge in [0.15, 0.2) is 0 Å². The van der Waals surface area contributed by atoms with E-state index in [2.05, 4.69) is 40.8 Å². The van der Waals surface area contributed by atoms with Gasteiger partial charge in [0.1, 0.15) is 17.5 Å². The first kappa shape index (κ1) is 14.4. The second kappa shape index (κ2) is 6.40. The molecule has 19 heavy (non-hydrogen) atoms. The fourth-order valence-electron chi connectivity index (χ4n) is 1.80. The maximum absolute atomic E-state index is 5.89. The molecule has 0 bridgehead atoms. The molecule has 0 N–H and O–H groups in total. The number of aromatic nitrogens is 1. The Morgan fingerprint density at radius 1 is 1.26 bits per heavy atom. The predicted molar refractivity (Wildman–Crippen MR) is 81.8 cm³/mol. The molecule has 2 rings (SSSR count). The van der Waals surface area contributed by atoms with E-state index in [4.69, 9.17) is 16.3 Å². The van der Waals surface area contributed by atoms with Crippen LogP contribution in [0.2, 0.25) is 5.15 Å². The van der Waals surface area contributed by atoms with Gasteiger partial charge in [-0.1, -0.05) is 41.4 Å². The second-order valence-corrected chi connectivity index (χ2v) is 5.92. The Labute approximate surface area is 126 Å². The summed E-state index contributed by atoms with van der Waals surface area (Å²) in [6.07, 6.45) is 1.69. The lowest BCUT2D eigenvalue weighted by Crippen LogP contribution is -2.00. The van der Waals surface area contributed by atoms with Crippen molar-refractivity contribution in [1.82, 2.24) is 4.98 Å². The summed E-state index contributed by atoms with van der Waals surface area (Å²) in [5.74, 6) is 1.32. The van der Waals surface area contributed by atoms with Crippen LogP contribution in [0.3, 0.4) is 0 Å². The van der Waals surface area contributed by atoms with Crippen molar-refractivity contribution in [3.05, 3.63) is 57.3 Å². The first-order valence-electron chi connectivity index (χ1n) is 6.09. The van der Waals surface area contributed by atoms with E-state index in [0.717, 1.165) is 15.8 Å². The standard InChI is InChI=1S/C15H15BrClNO/c1-10(2)13-8-12(16)3-4-14(13)19-9-11-5-6-18-15(17)7-11/h3-8,10H,9H2,1-2H3. The van der Waals surface area contributed by atoms with Crippen molar-refractivity contribution >= 4 is 27.5 Å². The van der Waals surface area contributed by atoms with Gasteiger partial charge in [0.25, 0.3) is 0 Å². The molecule has 0 saturated carbocycles. The molecule has 0 atom stereocenters. The Morgan fingerprint density at radius 3 is 2.74 bits per heavy atom. The van der Waals surface area contributed by atoms with Gasteiger partial charge in [0, 0.05) is 10.7 Å². The quantitative estimate of drug-likeness (QED) is 0.714. The minimum absolute atomic E-state index is 0.411. The average molecular weight is 341 g/mol. The van der Waals surface area contributed by atoms with E-state index in [9.17, 15) is 0 Å². The van der Waals surface area contributed by atoms with Crippen molar-refractivity contribution < 1.29 is 4.74 Å². The number of nitrogens with zero attached hydrogens (tertiary/aromatic N) is 1. The maximum Gasteiger partial charge on any atom is 0.129 e. The Kier molecular flexibility index (Phi) is 4.83. The normalized spacial score (nSPS) is 10.8. The molecule has 0 unspecified atom stereocenters. The SMILES string of the molecule is CC(C)c1cc(Br)ccc1OCc1ccnc(Cl)c1. The van der Waals surface area contributed by atoms with Crippen molar-refractivity contribution in [3.63, 3.8) is 0 Å². The van der Waals surface area contributed by atoms with Crippen LogP contribution in [0.5, 0.6) is 5.75 Å². The lowest BCUT2D eigenvalue weighted by molar-refractivity contribution is 0.301. The molecule has 0 aliphatic carbocycles. The summed E-state index contributed by atoms with van der Waals surface area (Å²) >= 11 is 9.35. The smallest absolute Gasteiger partial charge is 0.129 e. The molecule has 0 spiro atoms. The zero-order chi connectivity index (χ0) is 13.8. The largest absolute Gasteiger partial charge is 0.489 e. The Morgan fingerprint density at radius 2 is 2.05 bits per heavy atom. The van der Waals surface area contributed by atoms with Crippen LogP contribution in [-0.2, 0) is 6.61 Å². The van der Waals surface area contributed by atoms with E-state index < -0.39 is 0 Å². The van der Waals surface area contributed by atoms with Gasteiger partial charge in [-0.15, -0.1) is 0 Å². The Balaban J connectivity index is 2.15. The predicted octanol–water partition coefficient (Wildman–Crippen LogP) is 5.20. The monoisotopic (exact) mass is 339 g/mol. The number of rotatable bonds is 4. The molecule has 1 heterocycles. The molecule has 0 aliphatic heterocycles. The van der Waals surface area contributed by atoms with Crippen LogP contribution in [0, 0.1) is 0 Å². The molecule has 1 aromatic heterocycles. The number of pyridine rings is 1. The van der Waals surface area contributed by atoms with Crippen LogP contribution in [0.15, 0.2) is 41.0 Å². The van der Waals surface area contributed by atoms with Crippen molar-refractivity contribution in [3.8, 4) is 5.75 Å². The zero-order valence-electron chi connectivity index (χ0n) is 10.9. The summed E-state index contributed by atoms with van der Waals surface area (Å²) in [6, 6.07) is 9.79. The van der Waals surface area contributed by atoms with E-state index in [0.29, 0.717) is 17.7 Å². The van der Waals surface area contributed by atoms with Gasteiger partial charge in [-0.25, -0.2) is 4.98 Å². The van der Waals surface area contributed by atoms with Gasteiger partial charge in [0.2, 0.25) is 0 Å². The van der Waals surface area contributed by atoms with Gasteiger partial charge in [-0.05, 0) is 47.4 Å². The summed E-state index contributed by atoms with van der Waals surface area (Å²) in [4.78, 5) is 3.96. The molecule has 1 aromatic carbocycles. The highest BCUT2D eigenvalue weighted by Gasteiger charge is 2.09. The third kappa shape index (κ3) is 3.95. The first-order valence-corrected chi connectivity index (χ1v) is 7.26. The summed E-state index contributed by atoms with van der Waals surface area (Å²) in [6.45, 7) is 4.79. The molecule has 0 aliphatic rings.